The Morgan fingerprint density at radius 3 is 2.76 bits per heavy atom. The summed E-state index contributed by atoms with van der Waals surface area (Å²) in [5, 5.41) is 8.83. The Morgan fingerprint density at radius 1 is 1.29 bits per heavy atom. The number of hydrogen-bond acceptors (Lipinski definition) is 4. The molecule has 2 N–H and O–H groups in total. The molecule has 0 saturated heterocycles. The third kappa shape index (κ3) is 2.18. The molecule has 1 heterocycles. The quantitative estimate of drug-likeness (QED) is 0.850. The van der Waals surface area contributed by atoms with E-state index in [0.717, 1.165) is 11.3 Å². The van der Waals surface area contributed by atoms with Crippen LogP contribution in [0.3, 0.4) is 0 Å². The first-order valence-corrected chi connectivity index (χ1v) is 5.05. The highest BCUT2D eigenvalue weighted by Crippen LogP contribution is 2.24. The Labute approximate surface area is 99.3 Å². The monoisotopic (exact) mass is 225 g/mol. The molecule has 84 valence electrons. The van der Waals surface area contributed by atoms with Crippen molar-refractivity contribution in [3.8, 4) is 23.1 Å². The maximum absolute atomic E-state index is 8.83. The van der Waals surface area contributed by atoms with Crippen LogP contribution in [0.5, 0.6) is 5.75 Å². The van der Waals surface area contributed by atoms with Crippen LogP contribution in [0.1, 0.15) is 5.56 Å². The molecule has 0 bridgehead atoms. The Hall–Kier alpha value is -2.54. The second-order valence-electron chi connectivity index (χ2n) is 3.48. The molecule has 2 aromatic rings. The minimum Gasteiger partial charge on any atom is -0.493 e. The van der Waals surface area contributed by atoms with Gasteiger partial charge in [0, 0.05) is 5.56 Å². The van der Waals surface area contributed by atoms with Gasteiger partial charge in [0.05, 0.1) is 24.4 Å². The van der Waals surface area contributed by atoms with Gasteiger partial charge in [-0.2, -0.15) is 5.26 Å². The first kappa shape index (κ1) is 11.0. The van der Waals surface area contributed by atoms with E-state index in [9.17, 15) is 0 Å². The molecule has 0 radical (unpaired) electrons. The molecule has 0 amide bonds. The summed E-state index contributed by atoms with van der Waals surface area (Å²) in [6, 6.07) is 12.9. The molecule has 1 aromatic heterocycles. The van der Waals surface area contributed by atoms with Crippen molar-refractivity contribution in [1.82, 2.24) is 4.98 Å². The lowest BCUT2D eigenvalue weighted by molar-refractivity contribution is 0.415. The number of nitriles is 1. The fourth-order valence-corrected chi connectivity index (χ4v) is 1.54. The summed E-state index contributed by atoms with van der Waals surface area (Å²) in [5.41, 5.74) is 7.92. The zero-order chi connectivity index (χ0) is 12.3. The smallest absolute Gasteiger partial charge is 0.166 e. The maximum Gasteiger partial charge on any atom is 0.166 e. The third-order valence-corrected chi connectivity index (χ3v) is 2.39. The van der Waals surface area contributed by atoms with Gasteiger partial charge in [-0.3, -0.25) is 0 Å². The molecule has 4 nitrogen and oxygen atoms in total. The zero-order valence-corrected chi connectivity index (χ0v) is 9.34. The largest absolute Gasteiger partial charge is 0.493 e. The highest BCUT2D eigenvalue weighted by atomic mass is 16.5. The van der Waals surface area contributed by atoms with E-state index in [4.69, 9.17) is 15.7 Å². The average molecular weight is 225 g/mol. The number of ether oxygens (including phenoxy) is 1. The van der Waals surface area contributed by atoms with E-state index >= 15 is 0 Å². The van der Waals surface area contributed by atoms with Gasteiger partial charge in [0.25, 0.3) is 0 Å². The highest BCUT2D eigenvalue weighted by Gasteiger charge is 2.05. The molecule has 0 aliphatic carbocycles. The van der Waals surface area contributed by atoms with E-state index in [1.54, 1.807) is 25.3 Å². The molecule has 0 aliphatic heterocycles. The SMILES string of the molecule is COc1ccc(-c2cccc(C#N)c2)nc1N. The van der Waals surface area contributed by atoms with Crippen molar-refractivity contribution in [1.29, 1.82) is 5.26 Å². The van der Waals surface area contributed by atoms with Gasteiger partial charge >= 0.3 is 0 Å². The van der Waals surface area contributed by atoms with Gasteiger partial charge in [-0.1, -0.05) is 12.1 Å². The van der Waals surface area contributed by atoms with Crippen LogP contribution < -0.4 is 10.5 Å². The number of methoxy groups -OCH3 is 1. The van der Waals surface area contributed by atoms with Crippen LogP contribution >= 0.6 is 0 Å². The van der Waals surface area contributed by atoms with Gasteiger partial charge in [0.2, 0.25) is 0 Å². The third-order valence-electron chi connectivity index (χ3n) is 2.39. The Morgan fingerprint density at radius 2 is 2.12 bits per heavy atom. The van der Waals surface area contributed by atoms with E-state index in [1.165, 1.54) is 0 Å². The number of nitrogens with zero attached hydrogens (tertiary/aromatic N) is 2. The first-order valence-electron chi connectivity index (χ1n) is 5.05. The summed E-state index contributed by atoms with van der Waals surface area (Å²) >= 11 is 0. The zero-order valence-electron chi connectivity index (χ0n) is 9.34. The molecular weight excluding hydrogens is 214 g/mol. The number of nitrogen functional groups attached to an aromatic ring is 1. The van der Waals surface area contributed by atoms with E-state index < -0.39 is 0 Å². The molecule has 0 spiro atoms. The summed E-state index contributed by atoms with van der Waals surface area (Å²) in [4.78, 5) is 4.23. The number of nitrogens with two attached hydrogens (primary N) is 1. The molecule has 0 unspecified atom stereocenters. The summed E-state index contributed by atoms with van der Waals surface area (Å²) in [7, 11) is 1.54. The van der Waals surface area contributed by atoms with E-state index in [1.807, 2.05) is 18.2 Å². The maximum atomic E-state index is 8.83. The molecule has 0 aliphatic rings. The van der Waals surface area contributed by atoms with Crippen molar-refractivity contribution >= 4 is 5.82 Å². The van der Waals surface area contributed by atoms with Gasteiger partial charge in [-0.05, 0) is 24.3 Å². The lowest BCUT2D eigenvalue weighted by Gasteiger charge is -2.06. The number of aromatic nitrogens is 1. The van der Waals surface area contributed by atoms with E-state index in [0.29, 0.717) is 17.1 Å². The lowest BCUT2D eigenvalue weighted by Crippen LogP contribution is -1.96. The fourth-order valence-electron chi connectivity index (χ4n) is 1.54. The van der Waals surface area contributed by atoms with Crippen LogP contribution in [0.4, 0.5) is 5.82 Å². The second kappa shape index (κ2) is 4.54. The van der Waals surface area contributed by atoms with Gasteiger partial charge in [-0.15, -0.1) is 0 Å². The van der Waals surface area contributed by atoms with Crippen LogP contribution in [0.2, 0.25) is 0 Å². The molecule has 0 atom stereocenters. The molecule has 17 heavy (non-hydrogen) atoms. The van der Waals surface area contributed by atoms with Crippen molar-refractivity contribution < 1.29 is 4.74 Å². The van der Waals surface area contributed by atoms with Crippen LogP contribution in [0, 0.1) is 11.3 Å². The normalized spacial score (nSPS) is 9.65. The van der Waals surface area contributed by atoms with Crippen molar-refractivity contribution in [3.63, 3.8) is 0 Å². The number of pyridine rings is 1. The molecule has 0 fully saturated rings. The van der Waals surface area contributed by atoms with Crippen LogP contribution in [0.25, 0.3) is 11.3 Å². The van der Waals surface area contributed by atoms with Crippen molar-refractivity contribution in [2.75, 3.05) is 12.8 Å². The van der Waals surface area contributed by atoms with Gasteiger partial charge < -0.3 is 10.5 Å². The first-order chi connectivity index (χ1) is 8.24. The van der Waals surface area contributed by atoms with Gasteiger partial charge in [0.15, 0.2) is 11.6 Å². The fraction of sp³-hybridized carbons (Fsp3) is 0.0769. The Bertz CT molecular complexity index is 587. The number of benzene rings is 1. The minimum absolute atomic E-state index is 0.340. The second-order valence-corrected chi connectivity index (χ2v) is 3.48. The van der Waals surface area contributed by atoms with Crippen molar-refractivity contribution in [3.05, 3.63) is 42.0 Å². The summed E-state index contributed by atoms with van der Waals surface area (Å²) in [6.07, 6.45) is 0. The molecule has 1 aromatic carbocycles. The summed E-state index contributed by atoms with van der Waals surface area (Å²) < 4.78 is 5.04. The molecule has 4 heteroatoms. The number of hydrogen-bond donors (Lipinski definition) is 1. The number of anilines is 1. The molecule has 2 rings (SSSR count). The van der Waals surface area contributed by atoms with E-state index in [-0.39, 0.29) is 0 Å². The Balaban J connectivity index is 2.46. The van der Waals surface area contributed by atoms with Crippen LogP contribution in [-0.2, 0) is 0 Å². The minimum atomic E-state index is 0.340. The summed E-state index contributed by atoms with van der Waals surface area (Å²) in [5.74, 6) is 0.887. The van der Waals surface area contributed by atoms with Crippen LogP contribution in [0.15, 0.2) is 36.4 Å². The predicted molar refractivity (Wildman–Crippen MR) is 65.4 cm³/mol. The molecular formula is C13H11N3O. The highest BCUT2D eigenvalue weighted by molar-refractivity contribution is 5.65. The van der Waals surface area contributed by atoms with Gasteiger partial charge in [0.1, 0.15) is 0 Å². The number of rotatable bonds is 2. The van der Waals surface area contributed by atoms with Gasteiger partial charge in [-0.25, -0.2) is 4.98 Å². The van der Waals surface area contributed by atoms with Crippen molar-refractivity contribution in [2.24, 2.45) is 0 Å². The standard InChI is InChI=1S/C13H11N3O/c1-17-12-6-5-11(16-13(12)15)10-4-2-3-9(7-10)8-14/h2-7H,1H3,(H2,15,16). The molecule has 0 saturated carbocycles. The topological polar surface area (TPSA) is 71.9 Å². The van der Waals surface area contributed by atoms with E-state index in [2.05, 4.69) is 11.1 Å². The van der Waals surface area contributed by atoms with Crippen LogP contribution in [-0.4, -0.2) is 12.1 Å². The summed E-state index contributed by atoms with van der Waals surface area (Å²) in [6.45, 7) is 0. The predicted octanol–water partition coefficient (Wildman–Crippen LogP) is 2.21. The Kier molecular flexibility index (Phi) is 2.93. The lowest BCUT2D eigenvalue weighted by atomic mass is 10.1. The van der Waals surface area contributed by atoms with Crippen molar-refractivity contribution in [2.45, 2.75) is 0 Å². The average Bonchev–Trinajstić information content (AvgIpc) is 2.38.